The van der Waals surface area contributed by atoms with Crippen LogP contribution in [-0.2, 0) is 40.4 Å². The summed E-state index contributed by atoms with van der Waals surface area (Å²) < 4.78 is 22.5. The molecule has 22 heteroatoms. The highest BCUT2D eigenvalue weighted by Crippen LogP contribution is 2.46. The maximum atomic E-state index is 13.4. The van der Waals surface area contributed by atoms with E-state index < -0.39 is 48.6 Å². The summed E-state index contributed by atoms with van der Waals surface area (Å²) in [5, 5.41) is 8.99. The molecule has 1 saturated heterocycles. The predicted molar refractivity (Wildman–Crippen MR) is 167 cm³/mol. The van der Waals surface area contributed by atoms with Crippen molar-refractivity contribution in [3.05, 3.63) is 46.3 Å². The molecule has 0 bridgehead atoms. The topological polar surface area (TPSA) is 226 Å². The molecule has 0 unspecified atom stereocenters. The van der Waals surface area contributed by atoms with Crippen LogP contribution in [0.4, 0.5) is 5.13 Å². The molecule has 46 heavy (non-hydrogen) atoms. The number of β-lactam (4-membered cyclic amide) rings is 1. The summed E-state index contributed by atoms with van der Waals surface area (Å²) in [4.78, 5) is 84.9. The second kappa shape index (κ2) is 14.0. The number of ether oxygens (including phenoxy) is 1. The van der Waals surface area contributed by atoms with Crippen LogP contribution in [0.3, 0.4) is 0 Å². The average Bonchev–Trinajstić information content (AvgIpc) is 3.64. The monoisotopic (exact) mass is 727 g/mol. The van der Waals surface area contributed by atoms with Gasteiger partial charge in [-0.1, -0.05) is 16.9 Å². The minimum atomic E-state index is -4.69. The van der Waals surface area contributed by atoms with Gasteiger partial charge in [0.1, 0.15) is 30.8 Å². The minimum absolute atomic E-state index is 0.0701. The van der Waals surface area contributed by atoms with Gasteiger partial charge in [-0.15, -0.1) is 23.1 Å². The van der Waals surface area contributed by atoms with E-state index in [0.29, 0.717) is 20.8 Å². The second-order valence-corrected chi connectivity index (χ2v) is 14.7. The lowest BCUT2D eigenvalue weighted by Gasteiger charge is -2.49. The summed E-state index contributed by atoms with van der Waals surface area (Å²) >= 11 is 4.37. The van der Waals surface area contributed by atoms with Crippen LogP contribution in [0.15, 0.2) is 50.0 Å². The van der Waals surface area contributed by atoms with Crippen LogP contribution in [-0.4, -0.2) is 82.3 Å². The van der Waals surface area contributed by atoms with Gasteiger partial charge in [-0.05, 0) is 6.92 Å². The van der Waals surface area contributed by atoms with E-state index in [9.17, 15) is 23.7 Å². The lowest BCUT2D eigenvalue weighted by Crippen LogP contribution is -2.71. The zero-order valence-corrected chi connectivity index (χ0v) is 28.1. The van der Waals surface area contributed by atoms with Crippen molar-refractivity contribution in [2.45, 2.75) is 29.6 Å². The molecule has 1 fully saturated rings. The van der Waals surface area contributed by atoms with Gasteiger partial charge in [-0.2, -0.15) is 9.36 Å². The number of hydrogen-bond acceptors (Lipinski definition) is 15. The van der Waals surface area contributed by atoms with Crippen LogP contribution in [0.25, 0.3) is 11.3 Å². The summed E-state index contributed by atoms with van der Waals surface area (Å²) in [5.41, 5.74) is 1.06. The molecule has 0 radical (unpaired) electrons. The first-order valence-corrected chi connectivity index (χ1v) is 18.2. The Morgan fingerprint density at radius 2 is 2.00 bits per heavy atom. The molecule has 2 aliphatic heterocycles. The van der Waals surface area contributed by atoms with Gasteiger partial charge < -0.3 is 24.7 Å². The standard InChI is InChI=1S/C24H23N8O9PS4/c1-4-40-28-15(18-27-23(46-30-18)29-42(37,38)39)19(34)26-16-20(35)32-17(22(36)41-11(2)33)14(10-43-21(16)32)45-24-25-13(9-44-24)12-5-7-31(3)8-6-12/h5-9,16,21H,4,10H2,1-3H3,(H3-,26,27,29,30,34,37,38,39)/p+1/b28-15-/t16-,21-/m1/s1. The van der Waals surface area contributed by atoms with Gasteiger partial charge in [0, 0.05) is 52.2 Å². The SMILES string of the molecule is CCO/N=C(\C(=O)N[C@@H]1C(=O)N2C(C(=O)OC(C)=O)=C(Sc3nc(-c4cc[n+](C)cc4)cs3)CS[C@H]12)c1nsc(NP(=O)(O)O)n1. The summed E-state index contributed by atoms with van der Waals surface area (Å²) in [5.74, 6) is -3.50. The number of fused-ring (bicyclic) bond motifs is 1. The molecule has 3 aromatic rings. The molecule has 0 saturated carbocycles. The molecule has 242 valence electrons. The summed E-state index contributed by atoms with van der Waals surface area (Å²) in [6.45, 7) is 2.75. The number of carbonyl (C=O) groups is 4. The summed E-state index contributed by atoms with van der Waals surface area (Å²) in [7, 11) is -2.79. The molecule has 5 rings (SSSR count). The summed E-state index contributed by atoms with van der Waals surface area (Å²) in [6.07, 6.45) is 3.78. The number of amides is 2. The van der Waals surface area contributed by atoms with Gasteiger partial charge in [0.05, 0.1) is 5.69 Å². The predicted octanol–water partition coefficient (Wildman–Crippen LogP) is 1.22. The van der Waals surface area contributed by atoms with Crippen molar-refractivity contribution in [3.8, 4) is 11.3 Å². The molecule has 4 N–H and O–H groups in total. The smallest absolute Gasteiger partial charge is 0.395 e. The highest BCUT2D eigenvalue weighted by Gasteiger charge is 2.55. The number of thioether (sulfide) groups is 2. The zero-order valence-electron chi connectivity index (χ0n) is 24.0. The minimum Gasteiger partial charge on any atom is -0.395 e. The van der Waals surface area contributed by atoms with E-state index in [1.807, 2.05) is 46.6 Å². The van der Waals surface area contributed by atoms with E-state index in [2.05, 4.69) is 24.8 Å². The molecule has 2 amide bonds. The maximum Gasteiger partial charge on any atom is 0.429 e. The third-order valence-electron chi connectivity index (χ3n) is 6.00. The number of nitrogens with one attached hydrogen (secondary N) is 2. The Balaban J connectivity index is 1.36. The number of anilines is 1. The largest absolute Gasteiger partial charge is 0.429 e. The lowest BCUT2D eigenvalue weighted by molar-refractivity contribution is -0.671. The van der Waals surface area contributed by atoms with Crippen molar-refractivity contribution in [2.75, 3.05) is 17.4 Å². The number of esters is 2. The first-order valence-electron chi connectivity index (χ1n) is 13.0. The van der Waals surface area contributed by atoms with Crippen LogP contribution in [0, 0.1) is 0 Å². The maximum absolute atomic E-state index is 13.4. The zero-order chi connectivity index (χ0) is 33.2. The normalized spacial score (nSPS) is 18.1. The third kappa shape index (κ3) is 7.63. The fourth-order valence-corrected chi connectivity index (χ4v) is 8.77. The number of nitrogens with zero attached hydrogens (tertiary/aromatic N) is 6. The van der Waals surface area contributed by atoms with Gasteiger partial charge in [0.25, 0.3) is 11.8 Å². The number of thiazole rings is 1. The number of rotatable bonds is 11. The Labute approximate surface area is 276 Å². The van der Waals surface area contributed by atoms with Crippen LogP contribution in [0.2, 0.25) is 0 Å². The molecule has 0 aliphatic carbocycles. The number of aryl methyl sites for hydroxylation is 1. The number of hydrogen-bond donors (Lipinski definition) is 4. The van der Waals surface area contributed by atoms with Crippen molar-refractivity contribution in [1.82, 2.24) is 24.6 Å². The molecule has 0 spiro atoms. The van der Waals surface area contributed by atoms with E-state index in [-0.39, 0.29) is 29.0 Å². The van der Waals surface area contributed by atoms with E-state index in [0.717, 1.165) is 18.2 Å². The average molecular weight is 728 g/mol. The van der Waals surface area contributed by atoms with Crippen molar-refractivity contribution in [2.24, 2.45) is 12.2 Å². The van der Waals surface area contributed by atoms with Crippen LogP contribution < -0.4 is 15.0 Å². The molecule has 2 atom stereocenters. The van der Waals surface area contributed by atoms with Gasteiger partial charge in [0.2, 0.25) is 16.7 Å². The van der Waals surface area contributed by atoms with Crippen molar-refractivity contribution in [3.63, 3.8) is 0 Å². The number of carbonyl (C=O) groups excluding carboxylic acids is 4. The van der Waals surface area contributed by atoms with E-state index >= 15 is 0 Å². The van der Waals surface area contributed by atoms with Gasteiger partial charge >= 0.3 is 19.7 Å². The van der Waals surface area contributed by atoms with Crippen molar-refractivity contribution >= 4 is 88.7 Å². The fourth-order valence-electron chi connectivity index (χ4n) is 4.06. The first-order chi connectivity index (χ1) is 21.8. The Hall–Kier alpha value is -3.72. The number of pyridine rings is 1. The van der Waals surface area contributed by atoms with E-state index in [1.165, 1.54) is 39.8 Å². The van der Waals surface area contributed by atoms with Crippen molar-refractivity contribution < 1.29 is 47.7 Å². The van der Waals surface area contributed by atoms with Gasteiger partial charge in [-0.3, -0.25) is 24.4 Å². The molecular formula is C24H24N8O9PS4+. The summed E-state index contributed by atoms with van der Waals surface area (Å²) in [6, 6.07) is 2.72. The van der Waals surface area contributed by atoms with Gasteiger partial charge in [-0.25, -0.2) is 18.9 Å². The fraction of sp³-hybridized carbons (Fsp3) is 0.292. The molecule has 3 aromatic heterocycles. The highest BCUT2D eigenvalue weighted by molar-refractivity contribution is 8.07. The van der Waals surface area contributed by atoms with Crippen LogP contribution >= 0.6 is 54.1 Å². The quantitative estimate of drug-likeness (QED) is 0.0414. The highest BCUT2D eigenvalue weighted by atomic mass is 32.2. The molecule has 17 nitrogen and oxygen atoms in total. The number of oxime groups is 1. The third-order valence-corrected chi connectivity index (χ3v) is 10.8. The number of aromatic nitrogens is 4. The Kier molecular flexibility index (Phi) is 10.2. The Morgan fingerprint density at radius 3 is 2.67 bits per heavy atom. The molecule has 2 aliphatic rings. The lowest BCUT2D eigenvalue weighted by atomic mass is 10.0. The van der Waals surface area contributed by atoms with E-state index in [4.69, 9.17) is 19.4 Å². The van der Waals surface area contributed by atoms with Crippen molar-refractivity contribution in [1.29, 1.82) is 0 Å². The Bertz CT molecular complexity index is 1810. The van der Waals surface area contributed by atoms with Crippen LogP contribution in [0.1, 0.15) is 19.7 Å². The second-order valence-electron chi connectivity index (χ2n) is 9.30. The Morgan fingerprint density at radius 1 is 1.26 bits per heavy atom. The van der Waals surface area contributed by atoms with E-state index in [1.54, 1.807) is 6.92 Å². The molecule has 5 heterocycles. The molecular weight excluding hydrogens is 704 g/mol. The first kappa shape index (κ1) is 33.6. The van der Waals surface area contributed by atoms with Gasteiger partial charge in [0.15, 0.2) is 16.7 Å². The molecule has 0 aromatic carbocycles. The van der Waals surface area contributed by atoms with Crippen LogP contribution in [0.5, 0.6) is 0 Å².